The molecule has 0 aliphatic heterocycles. The molecule has 0 bridgehead atoms. The maximum absolute atomic E-state index is 6.10. The normalized spacial score (nSPS) is 17.2. The van der Waals surface area contributed by atoms with Gasteiger partial charge in [-0.25, -0.2) is 9.97 Å². The number of nitrogens with one attached hydrogen (secondary N) is 1. The van der Waals surface area contributed by atoms with Gasteiger partial charge in [0.2, 0.25) is 0 Å². The summed E-state index contributed by atoms with van der Waals surface area (Å²) in [7, 11) is 0. The smallest absolute Gasteiger partial charge is 0.179 e. The van der Waals surface area contributed by atoms with Gasteiger partial charge in [0.1, 0.15) is 15.8 Å². The van der Waals surface area contributed by atoms with Crippen molar-refractivity contribution in [3.63, 3.8) is 0 Å². The Labute approximate surface area is 190 Å². The molecule has 1 fully saturated rings. The van der Waals surface area contributed by atoms with E-state index in [2.05, 4.69) is 47.6 Å². The summed E-state index contributed by atoms with van der Waals surface area (Å²) in [4.78, 5) is 17.8. The Hall–Kier alpha value is -3.46. The molecule has 1 N–H and O–H groups in total. The van der Waals surface area contributed by atoms with Crippen LogP contribution >= 0.6 is 11.3 Å². The van der Waals surface area contributed by atoms with Crippen LogP contribution in [0.3, 0.4) is 0 Å². The first-order valence-corrected chi connectivity index (χ1v) is 11.3. The third kappa shape index (κ3) is 4.72. The molecule has 0 amide bonds. The Bertz CT molecular complexity index is 1200. The fourth-order valence-electron chi connectivity index (χ4n) is 3.56. The van der Waals surface area contributed by atoms with Crippen LogP contribution < -0.4 is 10.1 Å². The molecule has 4 aromatic heterocycles. The van der Waals surface area contributed by atoms with E-state index in [9.17, 15) is 0 Å². The number of anilines is 1. The fourth-order valence-corrected chi connectivity index (χ4v) is 4.21. The Morgan fingerprint density at radius 2 is 2.00 bits per heavy atom. The van der Waals surface area contributed by atoms with E-state index < -0.39 is 0 Å². The standard InChI is InChI=1S/C23H23N7OS/c1-14-25-11-21(23(28-14)27-12-22-30-29-15(2)32-22)31-13-17-9-18(17)20-7-6-16(10-26-20)19-5-3-4-8-24-19/h3-8,10-11,17-18H,9,12-13H2,1-2H3,(H,25,27,28). The topological polar surface area (TPSA) is 98.6 Å². The van der Waals surface area contributed by atoms with Gasteiger partial charge in [0.15, 0.2) is 11.6 Å². The maximum atomic E-state index is 6.10. The zero-order chi connectivity index (χ0) is 21.9. The third-order valence-corrected chi connectivity index (χ3v) is 6.19. The largest absolute Gasteiger partial charge is 0.488 e. The van der Waals surface area contributed by atoms with E-state index in [4.69, 9.17) is 4.74 Å². The molecule has 2 unspecified atom stereocenters. The van der Waals surface area contributed by atoms with Crippen molar-refractivity contribution < 1.29 is 4.74 Å². The summed E-state index contributed by atoms with van der Waals surface area (Å²) in [5.74, 6) is 2.87. The van der Waals surface area contributed by atoms with Crippen LogP contribution in [0.2, 0.25) is 0 Å². The lowest BCUT2D eigenvalue weighted by Crippen LogP contribution is -2.08. The molecule has 0 radical (unpaired) electrons. The van der Waals surface area contributed by atoms with E-state index in [1.807, 2.05) is 38.2 Å². The van der Waals surface area contributed by atoms with Gasteiger partial charge in [-0.3, -0.25) is 9.97 Å². The SMILES string of the molecule is Cc1ncc(OCC2CC2c2ccc(-c3ccccn3)cn2)c(NCc2nnc(C)s2)n1. The maximum Gasteiger partial charge on any atom is 0.179 e. The van der Waals surface area contributed by atoms with E-state index in [1.165, 1.54) is 0 Å². The summed E-state index contributed by atoms with van der Waals surface area (Å²) in [6.07, 6.45) is 6.49. The highest BCUT2D eigenvalue weighted by atomic mass is 32.1. The van der Waals surface area contributed by atoms with Crippen LogP contribution in [-0.2, 0) is 6.54 Å². The van der Waals surface area contributed by atoms with E-state index >= 15 is 0 Å². The summed E-state index contributed by atoms with van der Waals surface area (Å²) in [6, 6.07) is 10.1. The highest BCUT2D eigenvalue weighted by Gasteiger charge is 2.40. The van der Waals surface area contributed by atoms with Gasteiger partial charge in [-0.2, -0.15) is 0 Å². The van der Waals surface area contributed by atoms with Gasteiger partial charge in [-0.15, -0.1) is 10.2 Å². The molecular weight excluding hydrogens is 422 g/mol. The second-order valence-electron chi connectivity index (χ2n) is 7.80. The van der Waals surface area contributed by atoms with Gasteiger partial charge in [-0.1, -0.05) is 17.4 Å². The lowest BCUT2D eigenvalue weighted by atomic mass is 10.1. The van der Waals surface area contributed by atoms with Gasteiger partial charge < -0.3 is 10.1 Å². The van der Waals surface area contributed by atoms with Crippen molar-refractivity contribution >= 4 is 17.2 Å². The van der Waals surface area contributed by atoms with Crippen molar-refractivity contribution in [1.82, 2.24) is 30.1 Å². The Morgan fingerprint density at radius 1 is 1.06 bits per heavy atom. The van der Waals surface area contributed by atoms with Gasteiger partial charge in [0, 0.05) is 35.5 Å². The Kier molecular flexibility index (Phi) is 5.72. The second kappa shape index (κ2) is 8.96. The van der Waals surface area contributed by atoms with Crippen LogP contribution in [-0.4, -0.2) is 36.7 Å². The summed E-state index contributed by atoms with van der Waals surface area (Å²) in [5, 5.41) is 13.4. The van der Waals surface area contributed by atoms with E-state index in [1.54, 1.807) is 23.7 Å². The van der Waals surface area contributed by atoms with Crippen molar-refractivity contribution in [2.75, 3.05) is 11.9 Å². The van der Waals surface area contributed by atoms with Crippen molar-refractivity contribution in [2.24, 2.45) is 5.92 Å². The average molecular weight is 446 g/mol. The van der Waals surface area contributed by atoms with Gasteiger partial charge in [0.05, 0.1) is 25.0 Å². The fraction of sp³-hybridized carbons (Fsp3) is 0.304. The van der Waals surface area contributed by atoms with Crippen LogP contribution in [0.1, 0.15) is 33.9 Å². The predicted molar refractivity (Wildman–Crippen MR) is 123 cm³/mol. The summed E-state index contributed by atoms with van der Waals surface area (Å²) in [5.41, 5.74) is 3.06. The number of ether oxygens (including phenoxy) is 1. The first-order chi connectivity index (χ1) is 15.7. The number of aryl methyl sites for hydroxylation is 2. The van der Waals surface area contributed by atoms with Crippen LogP contribution in [0.15, 0.2) is 48.9 Å². The molecule has 0 aromatic carbocycles. The number of hydrogen-bond acceptors (Lipinski definition) is 9. The molecule has 1 aliphatic carbocycles. The first kappa shape index (κ1) is 20.4. The molecule has 0 spiro atoms. The van der Waals surface area contributed by atoms with E-state index in [0.29, 0.717) is 42.4 Å². The van der Waals surface area contributed by atoms with Crippen molar-refractivity contribution in [1.29, 1.82) is 0 Å². The summed E-state index contributed by atoms with van der Waals surface area (Å²) >= 11 is 1.56. The average Bonchev–Trinajstić information content (AvgIpc) is 3.49. The number of nitrogens with zero attached hydrogens (tertiary/aromatic N) is 6. The van der Waals surface area contributed by atoms with Crippen LogP contribution in [0.25, 0.3) is 11.3 Å². The highest BCUT2D eigenvalue weighted by molar-refractivity contribution is 7.11. The predicted octanol–water partition coefficient (Wildman–Crippen LogP) is 4.20. The second-order valence-corrected chi connectivity index (χ2v) is 9.06. The molecular formula is C23H23N7OS. The number of aromatic nitrogens is 6. The zero-order valence-electron chi connectivity index (χ0n) is 17.9. The van der Waals surface area contributed by atoms with Crippen LogP contribution in [0.5, 0.6) is 5.75 Å². The third-order valence-electron chi connectivity index (χ3n) is 5.35. The molecule has 8 nitrogen and oxygen atoms in total. The first-order valence-electron chi connectivity index (χ1n) is 10.5. The summed E-state index contributed by atoms with van der Waals surface area (Å²) in [6.45, 7) is 4.96. The molecule has 1 saturated carbocycles. The minimum atomic E-state index is 0.417. The molecule has 2 atom stereocenters. The molecule has 4 aromatic rings. The molecule has 32 heavy (non-hydrogen) atoms. The highest BCUT2D eigenvalue weighted by Crippen LogP contribution is 2.47. The van der Waals surface area contributed by atoms with E-state index in [0.717, 1.165) is 33.4 Å². The number of pyridine rings is 2. The summed E-state index contributed by atoms with van der Waals surface area (Å²) < 4.78 is 6.10. The van der Waals surface area contributed by atoms with Crippen LogP contribution in [0.4, 0.5) is 5.82 Å². The molecule has 1 aliphatic rings. The molecule has 9 heteroatoms. The molecule has 162 valence electrons. The molecule has 5 rings (SSSR count). The lowest BCUT2D eigenvalue weighted by Gasteiger charge is -2.12. The zero-order valence-corrected chi connectivity index (χ0v) is 18.7. The molecule has 4 heterocycles. The Morgan fingerprint density at radius 3 is 2.75 bits per heavy atom. The lowest BCUT2D eigenvalue weighted by molar-refractivity contribution is 0.295. The number of hydrogen-bond donors (Lipinski definition) is 1. The van der Waals surface area contributed by atoms with Gasteiger partial charge >= 0.3 is 0 Å². The minimum Gasteiger partial charge on any atom is -0.488 e. The van der Waals surface area contributed by atoms with Crippen molar-refractivity contribution in [2.45, 2.75) is 32.7 Å². The van der Waals surface area contributed by atoms with Crippen molar-refractivity contribution in [3.05, 3.63) is 70.5 Å². The van der Waals surface area contributed by atoms with E-state index in [-0.39, 0.29) is 0 Å². The number of rotatable bonds is 8. The van der Waals surface area contributed by atoms with Gasteiger partial charge in [-0.05, 0) is 44.5 Å². The quantitative estimate of drug-likeness (QED) is 0.431. The minimum absolute atomic E-state index is 0.417. The Balaban J connectivity index is 1.19. The monoisotopic (exact) mass is 445 g/mol. The van der Waals surface area contributed by atoms with Gasteiger partial charge in [0.25, 0.3) is 0 Å². The molecule has 0 saturated heterocycles. The van der Waals surface area contributed by atoms with Crippen molar-refractivity contribution in [3.8, 4) is 17.0 Å². The van der Waals surface area contributed by atoms with Crippen LogP contribution in [0, 0.1) is 19.8 Å².